The largest absolute Gasteiger partial charge is 0.480 e. The summed E-state index contributed by atoms with van der Waals surface area (Å²) in [5.41, 5.74) is 10.4. The number of carbonyl (C=O) groups excluding carboxylic acids is 1. The van der Waals surface area contributed by atoms with Gasteiger partial charge in [0.05, 0.1) is 0 Å². The first-order valence-electron chi connectivity index (χ1n) is 4.46. The minimum atomic E-state index is -1.08. The van der Waals surface area contributed by atoms with Gasteiger partial charge in [-0.05, 0) is 12.8 Å². The highest BCUT2D eigenvalue weighted by atomic mass is 16.4. The lowest BCUT2D eigenvalue weighted by molar-refractivity contribution is -0.138. The predicted molar refractivity (Wildman–Crippen MR) is 54.1 cm³/mol. The van der Waals surface area contributed by atoms with Crippen molar-refractivity contribution in [3.05, 3.63) is 0 Å². The molecule has 7 heteroatoms. The third kappa shape index (κ3) is 4.96. The standard InChI is InChI=1S/C8H16N4O3/c1-5(13)12(8(10)11)4-2-3-6(9)7(14)15/h6H,2-4,9H2,1H3,(H3,10,11)(H,14,15). The van der Waals surface area contributed by atoms with Crippen LogP contribution in [-0.2, 0) is 9.59 Å². The lowest BCUT2D eigenvalue weighted by Gasteiger charge is -2.18. The van der Waals surface area contributed by atoms with E-state index in [0.717, 1.165) is 4.90 Å². The highest BCUT2D eigenvalue weighted by molar-refractivity contribution is 5.93. The molecule has 0 aliphatic rings. The summed E-state index contributed by atoms with van der Waals surface area (Å²) in [4.78, 5) is 22.4. The van der Waals surface area contributed by atoms with Gasteiger partial charge in [-0.2, -0.15) is 0 Å². The second kappa shape index (κ2) is 5.97. The van der Waals surface area contributed by atoms with Gasteiger partial charge in [-0.15, -0.1) is 0 Å². The molecule has 0 fully saturated rings. The van der Waals surface area contributed by atoms with Gasteiger partial charge in [0.1, 0.15) is 6.04 Å². The average molecular weight is 216 g/mol. The normalized spacial score (nSPS) is 11.9. The summed E-state index contributed by atoms with van der Waals surface area (Å²) in [5.74, 6) is -1.76. The number of carboxylic acids is 1. The maximum Gasteiger partial charge on any atom is 0.320 e. The van der Waals surface area contributed by atoms with E-state index in [0.29, 0.717) is 6.42 Å². The highest BCUT2D eigenvalue weighted by Gasteiger charge is 2.14. The first-order chi connectivity index (χ1) is 6.86. The Hall–Kier alpha value is -1.63. The van der Waals surface area contributed by atoms with Gasteiger partial charge < -0.3 is 16.6 Å². The van der Waals surface area contributed by atoms with Gasteiger partial charge in [-0.3, -0.25) is 19.9 Å². The Morgan fingerprint density at radius 1 is 1.53 bits per heavy atom. The molecule has 86 valence electrons. The second-order valence-electron chi connectivity index (χ2n) is 3.14. The molecule has 0 aliphatic heterocycles. The van der Waals surface area contributed by atoms with E-state index in [-0.39, 0.29) is 24.8 Å². The maximum absolute atomic E-state index is 11.0. The van der Waals surface area contributed by atoms with Gasteiger partial charge in [-0.25, -0.2) is 0 Å². The molecule has 1 unspecified atom stereocenters. The summed E-state index contributed by atoms with van der Waals surface area (Å²) in [6.07, 6.45) is 0.638. The molecule has 0 aromatic heterocycles. The number of hydrogen-bond acceptors (Lipinski definition) is 4. The van der Waals surface area contributed by atoms with E-state index in [1.165, 1.54) is 6.92 Å². The minimum Gasteiger partial charge on any atom is -0.480 e. The molecule has 0 spiro atoms. The van der Waals surface area contributed by atoms with Crippen molar-refractivity contribution in [2.75, 3.05) is 6.54 Å². The highest BCUT2D eigenvalue weighted by Crippen LogP contribution is 1.98. The Morgan fingerprint density at radius 2 is 2.07 bits per heavy atom. The number of nitrogens with zero attached hydrogens (tertiary/aromatic N) is 1. The molecule has 0 aromatic carbocycles. The van der Waals surface area contributed by atoms with Gasteiger partial charge >= 0.3 is 5.97 Å². The number of hydrogen-bond donors (Lipinski definition) is 4. The zero-order valence-electron chi connectivity index (χ0n) is 8.56. The molecular weight excluding hydrogens is 200 g/mol. The summed E-state index contributed by atoms with van der Waals surface area (Å²) >= 11 is 0. The first-order valence-corrected chi connectivity index (χ1v) is 4.46. The molecule has 0 saturated carbocycles. The Kier molecular flexibility index (Phi) is 5.32. The zero-order chi connectivity index (χ0) is 12.0. The van der Waals surface area contributed by atoms with Crippen LogP contribution >= 0.6 is 0 Å². The van der Waals surface area contributed by atoms with Gasteiger partial charge in [0.2, 0.25) is 5.91 Å². The van der Waals surface area contributed by atoms with Crippen LogP contribution in [0.5, 0.6) is 0 Å². The second-order valence-corrected chi connectivity index (χ2v) is 3.14. The first kappa shape index (κ1) is 13.4. The molecule has 0 radical (unpaired) electrons. The van der Waals surface area contributed by atoms with Crippen LogP contribution in [0.1, 0.15) is 19.8 Å². The number of rotatable bonds is 5. The van der Waals surface area contributed by atoms with Crippen molar-refractivity contribution in [3.63, 3.8) is 0 Å². The number of aliphatic carboxylic acids is 1. The zero-order valence-corrected chi connectivity index (χ0v) is 8.56. The van der Waals surface area contributed by atoms with Crippen molar-refractivity contribution in [1.82, 2.24) is 4.90 Å². The molecule has 0 aliphatic carbocycles. The number of guanidine groups is 1. The molecule has 7 nitrogen and oxygen atoms in total. The molecule has 15 heavy (non-hydrogen) atoms. The predicted octanol–water partition coefficient (Wildman–Crippen LogP) is -1.08. The topological polar surface area (TPSA) is 134 Å². The number of carboxylic acid groups (broad SMARTS) is 1. The number of carbonyl (C=O) groups is 2. The summed E-state index contributed by atoms with van der Waals surface area (Å²) < 4.78 is 0. The Bertz CT molecular complexity index is 253. The third-order valence-electron chi connectivity index (χ3n) is 1.88. The minimum absolute atomic E-state index is 0.214. The van der Waals surface area contributed by atoms with E-state index in [1.54, 1.807) is 0 Å². The number of nitrogens with two attached hydrogens (primary N) is 2. The molecule has 0 heterocycles. The summed E-state index contributed by atoms with van der Waals surface area (Å²) in [6, 6.07) is -0.939. The average Bonchev–Trinajstić information content (AvgIpc) is 2.10. The fraction of sp³-hybridized carbons (Fsp3) is 0.625. The smallest absolute Gasteiger partial charge is 0.320 e. The molecule has 0 bridgehead atoms. The lowest BCUT2D eigenvalue weighted by atomic mass is 10.1. The maximum atomic E-state index is 11.0. The van der Waals surface area contributed by atoms with Crippen molar-refractivity contribution in [3.8, 4) is 0 Å². The van der Waals surface area contributed by atoms with Crippen molar-refractivity contribution in [2.24, 2.45) is 11.5 Å². The molecule has 0 aromatic rings. The van der Waals surface area contributed by atoms with Gasteiger partial charge in [0.15, 0.2) is 5.96 Å². The van der Waals surface area contributed by atoms with Crippen LogP contribution in [0, 0.1) is 5.41 Å². The van der Waals surface area contributed by atoms with Crippen LogP contribution in [0.2, 0.25) is 0 Å². The van der Waals surface area contributed by atoms with Crippen molar-refractivity contribution in [1.29, 1.82) is 5.41 Å². The SMILES string of the molecule is CC(=O)N(CCCC(N)C(=O)O)C(=N)N. The van der Waals surface area contributed by atoms with E-state index in [9.17, 15) is 9.59 Å². The molecule has 1 amide bonds. The van der Waals surface area contributed by atoms with E-state index in [2.05, 4.69) is 0 Å². The van der Waals surface area contributed by atoms with E-state index >= 15 is 0 Å². The van der Waals surface area contributed by atoms with Crippen LogP contribution in [0.4, 0.5) is 0 Å². The summed E-state index contributed by atoms with van der Waals surface area (Å²) in [7, 11) is 0. The van der Waals surface area contributed by atoms with Gasteiger partial charge in [-0.1, -0.05) is 0 Å². The van der Waals surface area contributed by atoms with Gasteiger partial charge in [0, 0.05) is 13.5 Å². The van der Waals surface area contributed by atoms with Crippen LogP contribution < -0.4 is 11.5 Å². The van der Waals surface area contributed by atoms with E-state index in [1.807, 2.05) is 0 Å². The lowest BCUT2D eigenvalue weighted by Crippen LogP contribution is -2.41. The molecule has 1 atom stereocenters. The Labute approximate surface area is 87.5 Å². The van der Waals surface area contributed by atoms with Crippen LogP contribution in [0.3, 0.4) is 0 Å². The van der Waals surface area contributed by atoms with Crippen LogP contribution in [0.15, 0.2) is 0 Å². The van der Waals surface area contributed by atoms with Crippen molar-refractivity contribution >= 4 is 17.8 Å². The van der Waals surface area contributed by atoms with E-state index in [4.69, 9.17) is 22.0 Å². The summed E-state index contributed by atoms with van der Waals surface area (Å²) in [6.45, 7) is 1.50. The molecule has 0 rings (SSSR count). The van der Waals surface area contributed by atoms with Crippen molar-refractivity contribution in [2.45, 2.75) is 25.8 Å². The molecule has 6 N–H and O–H groups in total. The number of nitrogens with one attached hydrogen (secondary N) is 1. The molecular formula is C8H16N4O3. The fourth-order valence-electron chi connectivity index (χ4n) is 1.04. The molecule has 0 saturated heterocycles. The summed E-state index contributed by atoms with van der Waals surface area (Å²) in [5, 5.41) is 15.6. The van der Waals surface area contributed by atoms with Crippen LogP contribution in [-0.4, -0.2) is 40.4 Å². The van der Waals surface area contributed by atoms with Crippen LogP contribution in [0.25, 0.3) is 0 Å². The quantitative estimate of drug-likeness (QED) is 0.342. The third-order valence-corrected chi connectivity index (χ3v) is 1.88. The van der Waals surface area contributed by atoms with Gasteiger partial charge in [0.25, 0.3) is 0 Å². The monoisotopic (exact) mass is 216 g/mol. The number of amides is 1. The fourth-order valence-corrected chi connectivity index (χ4v) is 1.04. The van der Waals surface area contributed by atoms with E-state index < -0.39 is 12.0 Å². The Morgan fingerprint density at radius 3 is 2.40 bits per heavy atom. The van der Waals surface area contributed by atoms with Crippen molar-refractivity contribution < 1.29 is 14.7 Å². The Balaban J connectivity index is 3.97.